The smallest absolute Gasteiger partial charge is 0.261 e. The molecule has 8 heteroatoms. The average molecular weight is 392 g/mol. The van der Waals surface area contributed by atoms with Gasteiger partial charge in [0.25, 0.3) is 5.91 Å². The molecule has 26 heavy (non-hydrogen) atoms. The molecule has 0 fully saturated rings. The molecule has 0 aliphatic carbocycles. The van der Waals surface area contributed by atoms with Gasteiger partial charge in [-0.15, -0.1) is 11.3 Å². The molecular weight excluding hydrogens is 374 g/mol. The van der Waals surface area contributed by atoms with Crippen molar-refractivity contribution in [3.8, 4) is 11.5 Å². The predicted molar refractivity (Wildman–Crippen MR) is 102 cm³/mol. The van der Waals surface area contributed by atoms with Crippen molar-refractivity contribution in [2.75, 3.05) is 13.2 Å². The van der Waals surface area contributed by atoms with Gasteiger partial charge >= 0.3 is 0 Å². The number of thiophene rings is 1. The number of benzene rings is 1. The van der Waals surface area contributed by atoms with Crippen molar-refractivity contribution in [3.63, 3.8) is 0 Å². The van der Waals surface area contributed by atoms with Crippen LogP contribution in [0.3, 0.4) is 0 Å². The van der Waals surface area contributed by atoms with Gasteiger partial charge in [0.1, 0.15) is 4.83 Å². The van der Waals surface area contributed by atoms with Crippen molar-refractivity contribution in [1.29, 1.82) is 0 Å². The minimum atomic E-state index is -0.117. The van der Waals surface area contributed by atoms with Crippen LogP contribution in [0, 0.1) is 6.92 Å². The number of carbonyl (C=O) groups is 1. The molecule has 0 saturated heterocycles. The fraction of sp³-hybridized carbons (Fsp3) is 0.333. The molecule has 0 saturated carbocycles. The van der Waals surface area contributed by atoms with Gasteiger partial charge in [-0.3, -0.25) is 9.48 Å². The first-order chi connectivity index (χ1) is 12.5. The molecule has 136 valence electrons. The van der Waals surface area contributed by atoms with E-state index in [2.05, 4.69) is 10.4 Å². The number of nitrogens with zero attached hydrogens (tertiary/aromatic N) is 2. The second-order valence-corrected chi connectivity index (χ2v) is 7.61. The molecule has 1 amide bonds. The Hall–Kier alpha value is -2.25. The topological polar surface area (TPSA) is 65.4 Å². The summed E-state index contributed by atoms with van der Waals surface area (Å²) in [4.78, 5) is 14.2. The van der Waals surface area contributed by atoms with Gasteiger partial charge in [-0.2, -0.15) is 5.10 Å². The summed E-state index contributed by atoms with van der Waals surface area (Å²) in [6, 6.07) is 5.55. The quantitative estimate of drug-likeness (QED) is 0.739. The van der Waals surface area contributed by atoms with Gasteiger partial charge in [0.2, 0.25) is 0 Å². The second-order valence-electron chi connectivity index (χ2n) is 6.18. The average Bonchev–Trinajstić information content (AvgIpc) is 3.06. The van der Waals surface area contributed by atoms with Crippen LogP contribution < -0.4 is 14.8 Å². The van der Waals surface area contributed by atoms with E-state index >= 15 is 0 Å². The van der Waals surface area contributed by atoms with Crippen molar-refractivity contribution in [2.45, 2.75) is 19.9 Å². The van der Waals surface area contributed by atoms with E-state index in [0.717, 1.165) is 27.9 Å². The zero-order valence-electron chi connectivity index (χ0n) is 14.5. The van der Waals surface area contributed by atoms with E-state index in [0.29, 0.717) is 41.2 Å². The lowest BCUT2D eigenvalue weighted by Gasteiger charge is -2.12. The predicted octanol–water partition coefficient (Wildman–Crippen LogP) is 3.69. The van der Waals surface area contributed by atoms with E-state index in [1.54, 1.807) is 10.7 Å². The van der Waals surface area contributed by atoms with E-state index < -0.39 is 0 Å². The Bertz CT molecular complexity index is 961. The molecule has 1 aliphatic heterocycles. The molecule has 1 aromatic carbocycles. The first-order valence-electron chi connectivity index (χ1n) is 8.32. The molecule has 2 aromatic heterocycles. The van der Waals surface area contributed by atoms with E-state index in [4.69, 9.17) is 21.1 Å². The van der Waals surface area contributed by atoms with Crippen LogP contribution in [0.4, 0.5) is 0 Å². The summed E-state index contributed by atoms with van der Waals surface area (Å²) in [5.41, 5.74) is 1.79. The van der Waals surface area contributed by atoms with Crippen molar-refractivity contribution < 1.29 is 14.3 Å². The lowest BCUT2D eigenvalue weighted by atomic mass is 10.2. The van der Waals surface area contributed by atoms with Gasteiger partial charge in [0, 0.05) is 25.4 Å². The Morgan fingerprint density at radius 3 is 2.96 bits per heavy atom. The van der Waals surface area contributed by atoms with Crippen molar-refractivity contribution >= 4 is 39.1 Å². The summed E-state index contributed by atoms with van der Waals surface area (Å²) in [6.45, 7) is 3.48. The summed E-state index contributed by atoms with van der Waals surface area (Å²) in [7, 11) is 1.88. The summed E-state index contributed by atoms with van der Waals surface area (Å²) in [6.07, 6.45) is 0.817. The zero-order valence-corrected chi connectivity index (χ0v) is 16.0. The highest BCUT2D eigenvalue weighted by atomic mass is 35.5. The van der Waals surface area contributed by atoms with Gasteiger partial charge in [-0.25, -0.2) is 0 Å². The molecular formula is C18H18ClN3O3S. The summed E-state index contributed by atoms with van der Waals surface area (Å²) < 4.78 is 13.1. The number of aryl methyl sites for hydroxylation is 2. The van der Waals surface area contributed by atoms with Crippen LogP contribution in [0.25, 0.3) is 10.2 Å². The van der Waals surface area contributed by atoms with Gasteiger partial charge < -0.3 is 14.8 Å². The highest BCUT2D eigenvalue weighted by Gasteiger charge is 2.17. The summed E-state index contributed by atoms with van der Waals surface area (Å²) in [5, 5.41) is 8.81. The summed E-state index contributed by atoms with van der Waals surface area (Å²) in [5.74, 6) is 1.09. The highest BCUT2D eigenvalue weighted by molar-refractivity contribution is 7.20. The Kier molecular flexibility index (Phi) is 4.50. The van der Waals surface area contributed by atoms with Gasteiger partial charge in [-0.05, 0) is 30.7 Å². The van der Waals surface area contributed by atoms with E-state index in [1.165, 1.54) is 11.3 Å². The molecule has 1 N–H and O–H groups in total. The molecule has 3 aromatic rings. The van der Waals surface area contributed by atoms with E-state index in [1.807, 2.05) is 26.1 Å². The first-order valence-corrected chi connectivity index (χ1v) is 9.51. The molecule has 0 radical (unpaired) electrons. The molecule has 1 aliphatic rings. The molecule has 6 nitrogen and oxygen atoms in total. The van der Waals surface area contributed by atoms with Crippen LogP contribution >= 0.6 is 22.9 Å². The van der Waals surface area contributed by atoms with Crippen LogP contribution in [0.15, 0.2) is 18.2 Å². The zero-order chi connectivity index (χ0) is 18.3. The van der Waals surface area contributed by atoms with Gasteiger partial charge in [0.05, 0.1) is 28.8 Å². The maximum absolute atomic E-state index is 12.5. The van der Waals surface area contributed by atoms with Crippen LogP contribution in [-0.4, -0.2) is 28.9 Å². The number of aromatic nitrogens is 2. The van der Waals surface area contributed by atoms with Crippen molar-refractivity contribution in [3.05, 3.63) is 39.4 Å². The Morgan fingerprint density at radius 2 is 2.15 bits per heavy atom. The molecule has 0 atom stereocenters. The van der Waals surface area contributed by atoms with Gasteiger partial charge in [-0.1, -0.05) is 11.6 Å². The number of hydrogen-bond acceptors (Lipinski definition) is 5. The molecule has 0 spiro atoms. The maximum atomic E-state index is 12.5. The molecule has 0 unspecified atom stereocenters. The lowest BCUT2D eigenvalue weighted by Crippen LogP contribution is -2.21. The van der Waals surface area contributed by atoms with Crippen molar-refractivity contribution in [2.24, 2.45) is 7.05 Å². The number of nitrogens with one attached hydrogen (secondary N) is 1. The fourth-order valence-corrected chi connectivity index (χ4v) is 4.30. The minimum Gasteiger partial charge on any atom is -0.489 e. The van der Waals surface area contributed by atoms with Crippen LogP contribution in [0.5, 0.6) is 11.5 Å². The Labute approximate surface area is 159 Å². The number of halogens is 1. The van der Waals surface area contributed by atoms with Crippen molar-refractivity contribution in [1.82, 2.24) is 15.1 Å². The maximum Gasteiger partial charge on any atom is 0.261 e. The normalized spacial score (nSPS) is 13.7. The first kappa shape index (κ1) is 17.2. The number of hydrogen-bond donors (Lipinski definition) is 1. The molecule has 4 rings (SSSR count). The molecule has 3 heterocycles. The monoisotopic (exact) mass is 391 g/mol. The number of amides is 1. The minimum absolute atomic E-state index is 0.117. The summed E-state index contributed by atoms with van der Waals surface area (Å²) >= 11 is 7.73. The van der Waals surface area contributed by atoms with E-state index in [-0.39, 0.29) is 5.91 Å². The lowest BCUT2D eigenvalue weighted by molar-refractivity contribution is 0.0955. The standard InChI is InChI=1S/C18H18ClN3O3S/c1-10-12-8-15(26-18(12)22(2)21-10)17(23)20-9-11-6-13(19)16-14(7-11)24-4-3-5-25-16/h6-8H,3-5,9H2,1-2H3,(H,20,23). The highest BCUT2D eigenvalue weighted by Crippen LogP contribution is 2.38. The van der Waals surface area contributed by atoms with Crippen LogP contribution in [0.2, 0.25) is 5.02 Å². The van der Waals surface area contributed by atoms with Crippen LogP contribution in [-0.2, 0) is 13.6 Å². The fourth-order valence-electron chi connectivity index (χ4n) is 2.97. The third-order valence-corrected chi connectivity index (χ3v) is 5.72. The molecule has 0 bridgehead atoms. The number of fused-ring (bicyclic) bond motifs is 2. The largest absolute Gasteiger partial charge is 0.489 e. The number of carbonyl (C=O) groups excluding carboxylic acids is 1. The van der Waals surface area contributed by atoms with E-state index in [9.17, 15) is 4.79 Å². The second kappa shape index (κ2) is 6.81. The third kappa shape index (κ3) is 3.12. The van der Waals surface area contributed by atoms with Crippen LogP contribution in [0.1, 0.15) is 27.3 Å². The third-order valence-electron chi connectivity index (χ3n) is 4.23. The number of ether oxygens (including phenoxy) is 2. The Balaban J connectivity index is 1.51. The SMILES string of the molecule is Cc1nn(C)c2sc(C(=O)NCc3cc(Cl)c4c(c3)OCCCO4)cc12. The van der Waals surface area contributed by atoms with Gasteiger partial charge in [0.15, 0.2) is 11.5 Å². The Morgan fingerprint density at radius 1 is 1.35 bits per heavy atom. The number of rotatable bonds is 3.